The van der Waals surface area contributed by atoms with Gasteiger partial charge in [0.05, 0.1) is 19.2 Å². The van der Waals surface area contributed by atoms with E-state index in [-0.39, 0.29) is 12.1 Å². The largest absolute Gasteiger partial charge is 0.475 e. The Bertz CT molecular complexity index is 1220. The second-order valence-corrected chi connectivity index (χ2v) is 10.2. The molecule has 4 rings (SSSR count). The van der Waals surface area contributed by atoms with Gasteiger partial charge in [-0.25, -0.2) is 0 Å². The highest BCUT2D eigenvalue weighted by atomic mass is 16.5. The first kappa shape index (κ1) is 31.6. The van der Waals surface area contributed by atoms with Crippen molar-refractivity contribution in [3.05, 3.63) is 95.8 Å². The quantitative estimate of drug-likeness (QED) is 0.108. The van der Waals surface area contributed by atoms with Crippen LogP contribution in [0.4, 0.5) is 0 Å². The van der Waals surface area contributed by atoms with E-state index >= 15 is 0 Å². The Kier molecular flexibility index (Phi) is 11.8. The lowest BCUT2D eigenvalue weighted by atomic mass is 9.76. The zero-order chi connectivity index (χ0) is 29.9. The topological polar surface area (TPSA) is 146 Å². The maximum Gasteiger partial charge on any atom is 0.475 e. The molecule has 0 radical (unpaired) electrons. The van der Waals surface area contributed by atoms with E-state index in [9.17, 15) is 24.7 Å². The molecule has 12 heteroatoms. The number of rotatable bonds is 14. The van der Waals surface area contributed by atoms with Crippen LogP contribution in [0.5, 0.6) is 0 Å². The smallest absolute Gasteiger partial charge is 0.426 e. The number of hydrogen-bond donors (Lipinski definition) is 5. The highest BCUT2D eigenvalue weighted by molar-refractivity contribution is 6.43. The monoisotopic (exact) mass is 578 g/mol. The van der Waals surface area contributed by atoms with Crippen LogP contribution in [0.15, 0.2) is 79.0 Å². The number of nitrogens with zero attached hydrogens (tertiary/aromatic N) is 2. The Labute approximate surface area is 246 Å². The molecule has 0 bridgehead atoms. The molecule has 42 heavy (non-hydrogen) atoms. The van der Waals surface area contributed by atoms with Gasteiger partial charge < -0.3 is 29.9 Å². The molecule has 0 spiro atoms. The SMILES string of the molecule is COCCCC(NC(=O)c1cccn1C(=O)C(NC(O)N1CCOCC1)C(c1ccccc1)c1ccccc1)B(O)O. The number of carbonyl (C=O) groups is 2. The molecule has 3 aromatic rings. The number of hydrogen-bond acceptors (Lipinski definition) is 9. The van der Waals surface area contributed by atoms with Crippen molar-refractivity contribution < 1.29 is 34.2 Å². The fraction of sp³-hybridized carbons (Fsp3) is 0.400. The summed E-state index contributed by atoms with van der Waals surface area (Å²) in [5.41, 5.74) is 1.73. The number of ether oxygens (including phenoxy) is 2. The molecule has 1 aromatic heterocycles. The summed E-state index contributed by atoms with van der Waals surface area (Å²) >= 11 is 0. The van der Waals surface area contributed by atoms with Crippen LogP contribution in [-0.2, 0) is 9.47 Å². The van der Waals surface area contributed by atoms with Crippen LogP contribution >= 0.6 is 0 Å². The van der Waals surface area contributed by atoms with Gasteiger partial charge in [-0.1, -0.05) is 60.7 Å². The van der Waals surface area contributed by atoms with Crippen molar-refractivity contribution in [2.45, 2.75) is 37.1 Å². The maximum atomic E-state index is 14.4. The molecule has 11 nitrogen and oxygen atoms in total. The molecule has 1 saturated heterocycles. The third kappa shape index (κ3) is 8.14. The molecule has 2 heterocycles. The van der Waals surface area contributed by atoms with Crippen molar-refractivity contribution in [2.24, 2.45) is 0 Å². The molecule has 1 amide bonds. The summed E-state index contributed by atoms with van der Waals surface area (Å²) in [7, 11) is -0.247. The minimum Gasteiger partial charge on any atom is -0.426 e. The molecule has 1 fully saturated rings. The number of morpholine rings is 1. The Morgan fingerprint density at radius 1 is 0.976 bits per heavy atom. The van der Waals surface area contributed by atoms with Crippen LogP contribution in [0.2, 0.25) is 0 Å². The minimum atomic E-state index is -1.79. The zero-order valence-electron chi connectivity index (χ0n) is 23.7. The fourth-order valence-corrected chi connectivity index (χ4v) is 5.19. The number of benzene rings is 2. The molecule has 0 saturated carbocycles. The molecule has 3 unspecified atom stereocenters. The molecule has 3 atom stereocenters. The summed E-state index contributed by atoms with van der Waals surface area (Å²) in [5.74, 6) is -2.57. The van der Waals surface area contributed by atoms with E-state index in [1.54, 1.807) is 18.1 Å². The van der Waals surface area contributed by atoms with Gasteiger partial charge >= 0.3 is 7.12 Å². The van der Waals surface area contributed by atoms with E-state index in [0.717, 1.165) is 11.1 Å². The van der Waals surface area contributed by atoms with Crippen LogP contribution < -0.4 is 10.6 Å². The van der Waals surface area contributed by atoms with E-state index in [4.69, 9.17) is 9.47 Å². The number of carbonyl (C=O) groups excluding carboxylic acids is 2. The highest BCUT2D eigenvalue weighted by Gasteiger charge is 2.36. The van der Waals surface area contributed by atoms with E-state index in [2.05, 4.69) is 10.6 Å². The van der Waals surface area contributed by atoms with Gasteiger partial charge in [0, 0.05) is 38.9 Å². The zero-order valence-corrected chi connectivity index (χ0v) is 23.7. The maximum absolute atomic E-state index is 14.4. The minimum absolute atomic E-state index is 0.0323. The van der Waals surface area contributed by atoms with Gasteiger partial charge in [-0.05, 0) is 36.1 Å². The van der Waals surface area contributed by atoms with Gasteiger partial charge in [-0.15, -0.1) is 0 Å². The Balaban J connectivity index is 1.69. The standard InChI is InChI=1S/C30H39BN4O7/c1-41-19-9-15-25(31(39)40)32-28(36)24-14-8-16-35(24)29(37)27(33-30(38)34-17-20-42-21-18-34)26(22-10-4-2-5-11-22)23-12-6-3-7-13-23/h2-8,10-14,16,25-27,30,33,38-40H,9,15,17-21H2,1H3,(H,32,36). The van der Waals surface area contributed by atoms with Gasteiger partial charge in [0.15, 0.2) is 6.35 Å². The Morgan fingerprint density at radius 3 is 2.17 bits per heavy atom. The summed E-state index contributed by atoms with van der Waals surface area (Å²) in [6, 6.07) is 21.2. The molecule has 224 valence electrons. The molecule has 5 N–H and O–H groups in total. The molecular formula is C30H39BN4O7. The van der Waals surface area contributed by atoms with Crippen molar-refractivity contribution in [1.82, 2.24) is 20.1 Å². The van der Waals surface area contributed by atoms with E-state index < -0.39 is 43.2 Å². The van der Waals surface area contributed by atoms with Crippen LogP contribution in [0.25, 0.3) is 0 Å². The average Bonchev–Trinajstić information content (AvgIpc) is 3.52. The van der Waals surface area contributed by atoms with Gasteiger partial charge in [-0.2, -0.15) is 0 Å². The lowest BCUT2D eigenvalue weighted by molar-refractivity contribution is -0.0783. The van der Waals surface area contributed by atoms with Gasteiger partial charge in [0.1, 0.15) is 11.7 Å². The average molecular weight is 578 g/mol. The lowest BCUT2D eigenvalue weighted by Gasteiger charge is -2.36. The number of aliphatic hydroxyl groups is 1. The highest BCUT2D eigenvalue weighted by Crippen LogP contribution is 2.30. The van der Waals surface area contributed by atoms with Crippen molar-refractivity contribution in [3.63, 3.8) is 0 Å². The third-order valence-electron chi connectivity index (χ3n) is 7.40. The summed E-state index contributed by atoms with van der Waals surface area (Å²) in [6.07, 6.45) is 1.11. The number of amides is 1. The third-order valence-corrected chi connectivity index (χ3v) is 7.40. The summed E-state index contributed by atoms with van der Waals surface area (Å²) in [4.78, 5) is 29.6. The van der Waals surface area contributed by atoms with Crippen LogP contribution in [0.1, 0.15) is 45.2 Å². The number of nitrogens with one attached hydrogen (secondary N) is 2. The summed E-state index contributed by atoms with van der Waals surface area (Å²) in [5, 5.41) is 36.7. The molecule has 2 aromatic carbocycles. The number of methoxy groups -OCH3 is 1. The van der Waals surface area contributed by atoms with E-state index in [1.165, 1.54) is 16.8 Å². The molecule has 0 aliphatic carbocycles. The van der Waals surface area contributed by atoms with Crippen molar-refractivity contribution in [1.29, 1.82) is 0 Å². The van der Waals surface area contributed by atoms with Crippen LogP contribution in [0.3, 0.4) is 0 Å². The van der Waals surface area contributed by atoms with Gasteiger partial charge in [0.2, 0.25) is 5.91 Å². The Hall–Kier alpha value is -3.36. The van der Waals surface area contributed by atoms with Gasteiger partial charge in [0.25, 0.3) is 5.91 Å². The van der Waals surface area contributed by atoms with E-state index in [1.807, 2.05) is 60.7 Å². The molecule has 1 aliphatic rings. The number of aromatic nitrogens is 1. The second-order valence-electron chi connectivity index (χ2n) is 10.2. The predicted octanol–water partition coefficient (Wildman–Crippen LogP) is 1.06. The van der Waals surface area contributed by atoms with Gasteiger partial charge in [-0.3, -0.25) is 24.4 Å². The van der Waals surface area contributed by atoms with Crippen molar-refractivity contribution in [2.75, 3.05) is 40.0 Å². The predicted molar refractivity (Wildman–Crippen MR) is 158 cm³/mol. The second kappa shape index (κ2) is 15.8. The normalized spacial score (nSPS) is 16.1. The fourth-order valence-electron chi connectivity index (χ4n) is 5.19. The number of aliphatic hydroxyl groups excluding tert-OH is 1. The van der Waals surface area contributed by atoms with Crippen LogP contribution in [-0.4, -0.2) is 102 Å². The van der Waals surface area contributed by atoms with Crippen molar-refractivity contribution in [3.8, 4) is 0 Å². The first-order valence-electron chi connectivity index (χ1n) is 14.1. The molecule has 1 aliphatic heterocycles. The van der Waals surface area contributed by atoms with E-state index in [0.29, 0.717) is 39.3 Å². The van der Waals surface area contributed by atoms with Crippen molar-refractivity contribution >= 4 is 18.9 Å². The first-order valence-corrected chi connectivity index (χ1v) is 14.1. The summed E-state index contributed by atoms with van der Waals surface area (Å²) < 4.78 is 11.7. The lowest BCUT2D eigenvalue weighted by Crippen LogP contribution is -2.57. The Morgan fingerprint density at radius 2 is 1.60 bits per heavy atom. The first-order chi connectivity index (χ1) is 20.4. The summed E-state index contributed by atoms with van der Waals surface area (Å²) in [6.45, 7) is 2.29. The molecular weight excluding hydrogens is 539 g/mol. The van der Waals surface area contributed by atoms with Crippen LogP contribution in [0, 0.1) is 0 Å².